The summed E-state index contributed by atoms with van der Waals surface area (Å²) in [5, 5.41) is 12.3. The molecule has 0 spiro atoms. The number of benzene rings is 1. The second kappa shape index (κ2) is 7.16. The number of imidazole rings is 1. The average Bonchev–Trinajstić information content (AvgIpc) is 2.91. The zero-order valence-electron chi connectivity index (χ0n) is 13.9. The lowest BCUT2D eigenvalue weighted by Gasteiger charge is -2.26. The van der Waals surface area contributed by atoms with E-state index in [0.29, 0.717) is 12.1 Å². The number of aromatic nitrogens is 3. The highest BCUT2D eigenvalue weighted by Gasteiger charge is 2.20. The number of aromatic hydroxyl groups is 1. The number of hydrogen-bond acceptors (Lipinski definition) is 6. The van der Waals surface area contributed by atoms with Crippen molar-refractivity contribution in [1.29, 1.82) is 0 Å². The van der Waals surface area contributed by atoms with Crippen molar-refractivity contribution in [2.75, 3.05) is 18.5 Å². The van der Waals surface area contributed by atoms with Crippen LogP contribution in [0.15, 0.2) is 18.2 Å². The van der Waals surface area contributed by atoms with E-state index in [-0.39, 0.29) is 53.1 Å². The van der Waals surface area contributed by atoms with E-state index in [1.54, 1.807) is 0 Å². The first-order chi connectivity index (χ1) is 13.0. The van der Waals surface area contributed by atoms with Crippen LogP contribution >= 0.6 is 11.6 Å². The van der Waals surface area contributed by atoms with Gasteiger partial charge in [0.1, 0.15) is 29.8 Å². The standard InChI is InChI=1S/C17H15ClF2N4O3/c18-11-5-14-16(24-17(25)22-14)23-15(11)21-6-10-12(19)3-9(4-13(10)20)27-7-8-1-2-26-8/h3-5,8H,1-2,6-7H2,(H3,21,22,23,24,25). The first-order valence-corrected chi connectivity index (χ1v) is 8.59. The first kappa shape index (κ1) is 17.7. The fourth-order valence-corrected chi connectivity index (χ4v) is 2.86. The number of aromatic amines is 1. The van der Waals surface area contributed by atoms with Crippen molar-refractivity contribution in [3.63, 3.8) is 0 Å². The molecular weight excluding hydrogens is 382 g/mol. The Labute approximate surface area is 157 Å². The minimum absolute atomic E-state index is 0.0259. The molecule has 3 aromatic rings. The molecule has 10 heteroatoms. The number of ether oxygens (including phenoxy) is 2. The van der Waals surface area contributed by atoms with Crippen LogP contribution in [-0.2, 0) is 11.3 Å². The van der Waals surface area contributed by atoms with Crippen molar-refractivity contribution in [1.82, 2.24) is 15.0 Å². The van der Waals surface area contributed by atoms with E-state index in [1.807, 2.05) is 0 Å². The summed E-state index contributed by atoms with van der Waals surface area (Å²) in [7, 11) is 0. The minimum atomic E-state index is -0.748. The van der Waals surface area contributed by atoms with Crippen molar-refractivity contribution < 1.29 is 23.4 Å². The lowest BCUT2D eigenvalue weighted by Crippen LogP contribution is -2.32. The van der Waals surface area contributed by atoms with E-state index < -0.39 is 11.6 Å². The first-order valence-electron chi connectivity index (χ1n) is 8.21. The van der Waals surface area contributed by atoms with Crippen LogP contribution in [0.4, 0.5) is 14.6 Å². The number of rotatable bonds is 6. The Balaban J connectivity index is 1.48. The monoisotopic (exact) mass is 396 g/mol. The lowest BCUT2D eigenvalue weighted by molar-refractivity contribution is -0.0721. The molecule has 2 aromatic heterocycles. The molecule has 1 fully saturated rings. The number of nitrogens with one attached hydrogen (secondary N) is 2. The Kier molecular flexibility index (Phi) is 4.71. The molecule has 0 bridgehead atoms. The molecule has 0 aliphatic carbocycles. The van der Waals surface area contributed by atoms with Gasteiger partial charge in [-0.05, 0) is 6.07 Å². The predicted molar refractivity (Wildman–Crippen MR) is 94.1 cm³/mol. The molecule has 4 rings (SSSR count). The number of pyridine rings is 1. The molecule has 1 unspecified atom stereocenters. The van der Waals surface area contributed by atoms with Crippen molar-refractivity contribution in [2.45, 2.75) is 19.1 Å². The van der Waals surface area contributed by atoms with Crippen LogP contribution in [0.25, 0.3) is 11.2 Å². The van der Waals surface area contributed by atoms with Gasteiger partial charge in [-0.15, -0.1) is 0 Å². The molecule has 3 N–H and O–H groups in total. The fraction of sp³-hybridized carbons (Fsp3) is 0.294. The van der Waals surface area contributed by atoms with Gasteiger partial charge in [0.05, 0.1) is 16.6 Å². The van der Waals surface area contributed by atoms with Crippen LogP contribution in [0.2, 0.25) is 5.02 Å². The van der Waals surface area contributed by atoms with Crippen LogP contribution in [-0.4, -0.2) is 39.4 Å². The SMILES string of the molecule is Oc1nc2nc(NCc3c(F)cc(OCC4CCO4)cc3F)c(Cl)cc2[nH]1. The van der Waals surface area contributed by atoms with E-state index in [1.165, 1.54) is 6.07 Å². The third kappa shape index (κ3) is 3.74. The molecule has 0 amide bonds. The van der Waals surface area contributed by atoms with Crippen LogP contribution in [0.3, 0.4) is 0 Å². The Morgan fingerprint density at radius 1 is 1.30 bits per heavy atom. The fourth-order valence-electron chi connectivity index (χ4n) is 2.64. The average molecular weight is 397 g/mol. The van der Waals surface area contributed by atoms with E-state index in [4.69, 9.17) is 21.1 Å². The number of anilines is 1. The van der Waals surface area contributed by atoms with Gasteiger partial charge in [0.2, 0.25) is 0 Å². The van der Waals surface area contributed by atoms with E-state index in [0.717, 1.165) is 18.6 Å². The summed E-state index contributed by atoms with van der Waals surface area (Å²) in [6, 6.07) is 3.46. The van der Waals surface area contributed by atoms with Gasteiger partial charge < -0.3 is 24.9 Å². The van der Waals surface area contributed by atoms with Gasteiger partial charge in [0, 0.05) is 37.3 Å². The zero-order valence-corrected chi connectivity index (χ0v) is 14.7. The molecule has 1 atom stereocenters. The van der Waals surface area contributed by atoms with Gasteiger partial charge >= 0.3 is 0 Å². The normalized spacial score (nSPS) is 16.3. The highest BCUT2D eigenvalue weighted by Crippen LogP contribution is 2.27. The van der Waals surface area contributed by atoms with Crippen LogP contribution in [0, 0.1) is 11.6 Å². The number of halogens is 3. The molecule has 0 radical (unpaired) electrons. The molecule has 0 saturated carbocycles. The molecule has 142 valence electrons. The van der Waals surface area contributed by atoms with Crippen LogP contribution in [0.1, 0.15) is 12.0 Å². The molecule has 1 aliphatic heterocycles. The summed E-state index contributed by atoms with van der Waals surface area (Å²) >= 11 is 6.10. The van der Waals surface area contributed by atoms with Crippen molar-refractivity contribution in [3.05, 3.63) is 40.4 Å². The minimum Gasteiger partial charge on any atom is -0.491 e. The lowest BCUT2D eigenvalue weighted by atomic mass is 10.1. The van der Waals surface area contributed by atoms with Crippen LogP contribution < -0.4 is 10.1 Å². The number of nitrogens with zero attached hydrogens (tertiary/aromatic N) is 2. The summed E-state index contributed by atoms with van der Waals surface area (Å²) in [6.07, 6.45) is 0.848. The Hall–Kier alpha value is -2.65. The van der Waals surface area contributed by atoms with Crippen molar-refractivity contribution in [2.24, 2.45) is 0 Å². The summed E-state index contributed by atoms with van der Waals surface area (Å²) in [5.74, 6) is -1.20. The molecule has 1 aliphatic rings. The van der Waals surface area contributed by atoms with Gasteiger partial charge in [0.15, 0.2) is 5.65 Å². The predicted octanol–water partition coefficient (Wildman–Crippen LogP) is 3.37. The van der Waals surface area contributed by atoms with Gasteiger partial charge in [-0.25, -0.2) is 13.8 Å². The molecule has 3 heterocycles. The van der Waals surface area contributed by atoms with Gasteiger partial charge in [-0.3, -0.25) is 0 Å². The second-order valence-corrected chi connectivity index (χ2v) is 6.47. The van der Waals surface area contributed by atoms with Crippen LogP contribution in [0.5, 0.6) is 11.8 Å². The summed E-state index contributed by atoms with van der Waals surface area (Å²) in [5.41, 5.74) is 0.491. The Bertz CT molecular complexity index is 971. The van der Waals surface area contributed by atoms with E-state index in [2.05, 4.69) is 20.3 Å². The van der Waals surface area contributed by atoms with Crippen molar-refractivity contribution in [3.8, 4) is 11.8 Å². The summed E-state index contributed by atoms with van der Waals surface area (Å²) < 4.78 is 39.2. The number of hydrogen-bond donors (Lipinski definition) is 3. The molecule has 7 nitrogen and oxygen atoms in total. The largest absolute Gasteiger partial charge is 0.491 e. The third-order valence-electron chi connectivity index (χ3n) is 4.19. The summed E-state index contributed by atoms with van der Waals surface area (Å²) in [6.45, 7) is 0.756. The maximum atomic E-state index is 14.3. The van der Waals surface area contributed by atoms with Crippen molar-refractivity contribution >= 4 is 28.6 Å². The Morgan fingerprint density at radius 2 is 2.04 bits per heavy atom. The maximum Gasteiger partial charge on any atom is 0.293 e. The maximum absolute atomic E-state index is 14.3. The van der Waals surface area contributed by atoms with E-state index >= 15 is 0 Å². The smallest absolute Gasteiger partial charge is 0.293 e. The Morgan fingerprint density at radius 3 is 2.70 bits per heavy atom. The van der Waals surface area contributed by atoms with Gasteiger partial charge in [0.25, 0.3) is 6.01 Å². The highest BCUT2D eigenvalue weighted by atomic mass is 35.5. The van der Waals surface area contributed by atoms with Gasteiger partial charge in [-0.1, -0.05) is 11.6 Å². The number of fused-ring (bicyclic) bond motifs is 1. The number of H-pyrrole nitrogens is 1. The third-order valence-corrected chi connectivity index (χ3v) is 4.48. The topological polar surface area (TPSA) is 92.3 Å². The van der Waals surface area contributed by atoms with E-state index in [9.17, 15) is 13.9 Å². The summed E-state index contributed by atoms with van der Waals surface area (Å²) in [4.78, 5) is 10.5. The molecule has 27 heavy (non-hydrogen) atoms. The second-order valence-electron chi connectivity index (χ2n) is 6.06. The highest BCUT2D eigenvalue weighted by molar-refractivity contribution is 6.33. The molecule has 1 saturated heterocycles. The molecule has 1 aromatic carbocycles. The zero-order chi connectivity index (χ0) is 19.0. The molecular formula is C17H15ClF2N4O3. The quantitative estimate of drug-likeness (QED) is 0.591. The van der Waals surface area contributed by atoms with Gasteiger partial charge in [-0.2, -0.15) is 4.98 Å².